The molecule has 0 aliphatic rings. The molecule has 112 valence electrons. The number of amides is 2. The van der Waals surface area contributed by atoms with Gasteiger partial charge in [0, 0.05) is 17.8 Å². The third-order valence-corrected chi connectivity index (χ3v) is 4.24. The maximum atomic E-state index is 11.8. The van der Waals surface area contributed by atoms with Gasteiger partial charge < -0.3 is 15.7 Å². The van der Waals surface area contributed by atoms with E-state index in [4.69, 9.17) is 5.11 Å². The highest BCUT2D eigenvalue weighted by Crippen LogP contribution is 2.26. The van der Waals surface area contributed by atoms with Crippen LogP contribution in [0, 0.1) is 13.8 Å². The third kappa shape index (κ3) is 4.80. The third-order valence-electron chi connectivity index (χ3n) is 2.84. The van der Waals surface area contributed by atoms with Crippen molar-refractivity contribution in [1.82, 2.24) is 15.6 Å². The first-order chi connectivity index (χ1) is 9.22. The number of rotatable bonds is 6. The van der Waals surface area contributed by atoms with Crippen LogP contribution in [-0.2, 0) is 10.3 Å². The molecule has 7 heteroatoms. The standard InChI is InChI=1S/C13H21N3O3S/c1-8-9(2)20-11(15-8)13(3,4)16-12(19)14-7-5-6-10(17)18/h5-7H2,1-4H3,(H,17,18)(H2,14,16,19). The molecular weight excluding hydrogens is 278 g/mol. The number of carboxylic acids is 1. The second-order valence-corrected chi connectivity index (χ2v) is 6.37. The number of nitrogens with zero attached hydrogens (tertiary/aromatic N) is 1. The van der Waals surface area contributed by atoms with E-state index in [1.54, 1.807) is 11.3 Å². The Kier molecular flexibility index (Phi) is 5.50. The van der Waals surface area contributed by atoms with Gasteiger partial charge in [0.1, 0.15) is 5.01 Å². The Bertz CT molecular complexity index is 478. The van der Waals surface area contributed by atoms with Crippen LogP contribution in [0.3, 0.4) is 0 Å². The molecule has 1 aromatic rings. The van der Waals surface area contributed by atoms with E-state index in [9.17, 15) is 9.59 Å². The number of urea groups is 1. The van der Waals surface area contributed by atoms with E-state index in [-0.39, 0.29) is 12.5 Å². The Morgan fingerprint density at radius 2 is 2.00 bits per heavy atom. The molecule has 1 rings (SSSR count). The Labute approximate surface area is 122 Å². The van der Waals surface area contributed by atoms with Crippen LogP contribution in [0.25, 0.3) is 0 Å². The fraction of sp³-hybridized carbons (Fsp3) is 0.615. The Hall–Kier alpha value is -1.63. The van der Waals surface area contributed by atoms with E-state index < -0.39 is 11.5 Å². The molecule has 3 N–H and O–H groups in total. The summed E-state index contributed by atoms with van der Waals surface area (Å²) in [7, 11) is 0. The van der Waals surface area contributed by atoms with Crippen molar-refractivity contribution in [1.29, 1.82) is 0 Å². The lowest BCUT2D eigenvalue weighted by Gasteiger charge is -2.24. The second kappa shape index (κ2) is 6.69. The van der Waals surface area contributed by atoms with Gasteiger partial charge in [-0.2, -0.15) is 0 Å². The molecule has 0 aliphatic carbocycles. The fourth-order valence-corrected chi connectivity index (χ4v) is 2.54. The average molecular weight is 299 g/mol. The maximum Gasteiger partial charge on any atom is 0.315 e. The highest BCUT2D eigenvalue weighted by molar-refractivity contribution is 7.11. The van der Waals surface area contributed by atoms with Crippen LogP contribution >= 0.6 is 11.3 Å². The first-order valence-electron chi connectivity index (χ1n) is 6.44. The minimum atomic E-state index is -0.860. The zero-order chi connectivity index (χ0) is 15.3. The first kappa shape index (κ1) is 16.4. The fourth-order valence-electron chi connectivity index (χ4n) is 1.56. The molecule has 0 aliphatic heterocycles. The molecule has 0 saturated heterocycles. The van der Waals surface area contributed by atoms with Crippen LogP contribution in [-0.4, -0.2) is 28.6 Å². The first-order valence-corrected chi connectivity index (χ1v) is 7.26. The van der Waals surface area contributed by atoms with Crippen molar-refractivity contribution in [3.05, 3.63) is 15.6 Å². The number of aryl methyl sites for hydroxylation is 2. The summed E-state index contributed by atoms with van der Waals surface area (Å²) in [5.74, 6) is -0.860. The summed E-state index contributed by atoms with van der Waals surface area (Å²) in [6.07, 6.45) is 0.465. The average Bonchev–Trinajstić information content (AvgIpc) is 2.65. The van der Waals surface area contributed by atoms with Gasteiger partial charge in [-0.05, 0) is 34.1 Å². The van der Waals surface area contributed by atoms with Crippen LogP contribution in [0.2, 0.25) is 0 Å². The van der Waals surface area contributed by atoms with Crippen LogP contribution in [0.15, 0.2) is 0 Å². The van der Waals surface area contributed by atoms with Crippen molar-refractivity contribution < 1.29 is 14.7 Å². The molecule has 1 aromatic heterocycles. The predicted molar refractivity (Wildman–Crippen MR) is 78.0 cm³/mol. The lowest BCUT2D eigenvalue weighted by Crippen LogP contribution is -2.46. The zero-order valence-electron chi connectivity index (χ0n) is 12.2. The van der Waals surface area contributed by atoms with E-state index in [0.717, 1.165) is 15.6 Å². The van der Waals surface area contributed by atoms with Crippen molar-refractivity contribution in [3.63, 3.8) is 0 Å². The molecule has 0 unspecified atom stereocenters. The quantitative estimate of drug-likeness (QED) is 0.702. The molecule has 0 atom stereocenters. The lowest BCUT2D eigenvalue weighted by atomic mass is 10.1. The van der Waals surface area contributed by atoms with Gasteiger partial charge in [0.25, 0.3) is 0 Å². The van der Waals surface area contributed by atoms with Gasteiger partial charge in [0.05, 0.1) is 11.2 Å². The van der Waals surface area contributed by atoms with Crippen LogP contribution in [0.1, 0.15) is 42.3 Å². The van der Waals surface area contributed by atoms with Gasteiger partial charge in [-0.25, -0.2) is 9.78 Å². The van der Waals surface area contributed by atoms with Gasteiger partial charge >= 0.3 is 12.0 Å². The van der Waals surface area contributed by atoms with E-state index in [0.29, 0.717) is 13.0 Å². The van der Waals surface area contributed by atoms with E-state index in [1.807, 2.05) is 27.7 Å². The summed E-state index contributed by atoms with van der Waals surface area (Å²) in [6.45, 7) is 8.06. The zero-order valence-corrected chi connectivity index (χ0v) is 13.1. The number of nitrogens with one attached hydrogen (secondary N) is 2. The Balaban J connectivity index is 2.49. The summed E-state index contributed by atoms with van der Waals surface area (Å²) in [4.78, 5) is 27.7. The minimum Gasteiger partial charge on any atom is -0.481 e. The van der Waals surface area contributed by atoms with Crippen molar-refractivity contribution >= 4 is 23.3 Å². The summed E-state index contributed by atoms with van der Waals surface area (Å²) >= 11 is 1.56. The molecule has 6 nitrogen and oxygen atoms in total. The number of hydrogen-bond donors (Lipinski definition) is 3. The number of carboxylic acid groups (broad SMARTS) is 1. The summed E-state index contributed by atoms with van der Waals surface area (Å²) < 4.78 is 0. The monoisotopic (exact) mass is 299 g/mol. The smallest absolute Gasteiger partial charge is 0.315 e. The normalized spacial score (nSPS) is 11.2. The van der Waals surface area contributed by atoms with Crippen molar-refractivity contribution in [2.75, 3.05) is 6.54 Å². The molecule has 0 aromatic carbocycles. The molecule has 1 heterocycles. The van der Waals surface area contributed by atoms with Crippen molar-refractivity contribution in [3.8, 4) is 0 Å². The molecule has 0 radical (unpaired) electrons. The minimum absolute atomic E-state index is 0.0501. The van der Waals surface area contributed by atoms with Crippen molar-refractivity contribution in [2.45, 2.75) is 46.1 Å². The van der Waals surface area contributed by atoms with Gasteiger partial charge in [0.15, 0.2) is 0 Å². The van der Waals surface area contributed by atoms with Crippen LogP contribution in [0.5, 0.6) is 0 Å². The largest absolute Gasteiger partial charge is 0.481 e. The summed E-state index contributed by atoms with van der Waals surface area (Å²) in [6, 6.07) is -0.314. The highest BCUT2D eigenvalue weighted by atomic mass is 32.1. The predicted octanol–water partition coefficient (Wildman–Crippen LogP) is 2.16. The number of aliphatic carboxylic acids is 1. The van der Waals surface area contributed by atoms with Crippen LogP contribution in [0.4, 0.5) is 4.79 Å². The number of carbonyl (C=O) groups is 2. The van der Waals surface area contributed by atoms with Gasteiger partial charge in [-0.1, -0.05) is 0 Å². The van der Waals surface area contributed by atoms with Crippen LogP contribution < -0.4 is 10.6 Å². The molecule has 0 spiro atoms. The maximum absolute atomic E-state index is 11.8. The number of aromatic nitrogens is 1. The Morgan fingerprint density at radius 3 is 2.50 bits per heavy atom. The number of hydrogen-bond acceptors (Lipinski definition) is 4. The summed E-state index contributed by atoms with van der Waals surface area (Å²) in [5, 5.41) is 14.9. The van der Waals surface area contributed by atoms with E-state index in [1.165, 1.54) is 0 Å². The van der Waals surface area contributed by atoms with E-state index >= 15 is 0 Å². The number of carbonyl (C=O) groups excluding carboxylic acids is 1. The SMILES string of the molecule is Cc1nc(C(C)(C)NC(=O)NCCCC(=O)O)sc1C. The lowest BCUT2D eigenvalue weighted by molar-refractivity contribution is -0.137. The molecule has 2 amide bonds. The molecular formula is C13H21N3O3S. The van der Waals surface area contributed by atoms with Gasteiger partial charge in [-0.3, -0.25) is 4.79 Å². The topological polar surface area (TPSA) is 91.3 Å². The summed E-state index contributed by atoms with van der Waals surface area (Å²) in [5.41, 5.74) is 0.419. The van der Waals surface area contributed by atoms with Gasteiger partial charge in [-0.15, -0.1) is 11.3 Å². The number of thiazole rings is 1. The van der Waals surface area contributed by atoms with E-state index in [2.05, 4.69) is 15.6 Å². The second-order valence-electron chi connectivity index (χ2n) is 5.16. The molecule has 0 bridgehead atoms. The van der Waals surface area contributed by atoms with Gasteiger partial charge in [0.2, 0.25) is 0 Å². The molecule has 0 saturated carbocycles. The molecule has 0 fully saturated rings. The highest BCUT2D eigenvalue weighted by Gasteiger charge is 2.26. The Morgan fingerprint density at radius 1 is 1.35 bits per heavy atom. The molecule has 20 heavy (non-hydrogen) atoms. The van der Waals surface area contributed by atoms with Crippen molar-refractivity contribution in [2.24, 2.45) is 0 Å².